The van der Waals surface area contributed by atoms with Crippen LogP contribution in [0.1, 0.15) is 0 Å². The van der Waals surface area contributed by atoms with Crippen LogP contribution >= 0.6 is 28.5 Å². The average Bonchev–Trinajstić information content (AvgIpc) is 1.68. The van der Waals surface area contributed by atoms with Gasteiger partial charge in [-0.1, -0.05) is 0 Å². The number of hydrogen-bond acceptors (Lipinski definition) is 4. The summed E-state index contributed by atoms with van der Waals surface area (Å²) >= 11 is 1.78. The molecule has 0 saturated carbocycles. The molecule has 0 saturated heterocycles. The van der Waals surface area contributed by atoms with Crippen molar-refractivity contribution in [3.05, 3.63) is 0 Å². The van der Waals surface area contributed by atoms with Crippen molar-refractivity contribution in [2.75, 3.05) is 12.5 Å². The maximum Gasteiger partial charge on any atom is 0.122 e. The first-order chi connectivity index (χ1) is 3.12. The lowest BCUT2D eigenvalue weighted by molar-refractivity contribution is -0.160. The molecular formula is C2H6O2PS2-. The van der Waals surface area contributed by atoms with E-state index in [1.165, 1.54) is 0 Å². The zero-order chi connectivity index (χ0) is 5.91. The summed E-state index contributed by atoms with van der Waals surface area (Å²) in [5.74, 6) is -3.07. The third-order valence-corrected chi connectivity index (χ3v) is 6.71. The van der Waals surface area contributed by atoms with Gasteiger partial charge in [0.25, 0.3) is 0 Å². The van der Waals surface area contributed by atoms with Crippen molar-refractivity contribution < 1.29 is 9.46 Å². The van der Waals surface area contributed by atoms with Crippen LogP contribution in [0, 0.1) is 0 Å². The zero-order valence-corrected chi connectivity index (χ0v) is 6.61. The van der Waals surface area contributed by atoms with E-state index in [1.54, 1.807) is 12.5 Å². The molecule has 0 bridgehead atoms. The molecule has 0 radical (unpaired) electrons. The molecule has 5 heteroatoms. The first-order valence-corrected chi connectivity index (χ1v) is 6.83. The second-order valence-corrected chi connectivity index (χ2v) is 8.21. The van der Waals surface area contributed by atoms with E-state index in [-0.39, 0.29) is 0 Å². The van der Waals surface area contributed by atoms with Crippen molar-refractivity contribution in [2.24, 2.45) is 0 Å². The maximum absolute atomic E-state index is 10.3. The molecule has 0 aliphatic rings. The van der Waals surface area contributed by atoms with Crippen molar-refractivity contribution in [2.45, 2.75) is 0 Å². The molecule has 0 amide bonds. The van der Waals surface area contributed by atoms with E-state index in [0.29, 0.717) is 0 Å². The topological polar surface area (TPSA) is 40.1 Å². The molecule has 0 fully saturated rings. The summed E-state index contributed by atoms with van der Waals surface area (Å²) in [4.78, 5) is 10.3. The molecule has 0 rings (SSSR count). The fourth-order valence-electron chi connectivity index (χ4n) is 0.0745. The van der Waals surface area contributed by atoms with E-state index >= 15 is 0 Å². The van der Waals surface area contributed by atoms with Gasteiger partial charge in [-0.05, 0) is 12.5 Å². The van der Waals surface area contributed by atoms with Gasteiger partial charge in [0.05, 0.1) is 0 Å². The van der Waals surface area contributed by atoms with E-state index in [1.807, 2.05) is 0 Å². The second kappa shape index (κ2) is 3.02. The molecule has 0 aromatic carbocycles. The fraction of sp³-hybridized carbons (Fsp3) is 1.00. The minimum atomic E-state index is -3.07. The van der Waals surface area contributed by atoms with Gasteiger partial charge in [-0.3, -0.25) is 0 Å². The molecule has 7 heavy (non-hydrogen) atoms. The highest BCUT2D eigenvalue weighted by Gasteiger charge is 1.98. The summed E-state index contributed by atoms with van der Waals surface area (Å²) in [6.07, 6.45) is 3.12. The Bertz CT molecular complexity index is 85.7. The first-order valence-electron chi connectivity index (χ1n) is 1.55. The fourth-order valence-corrected chi connectivity index (χ4v) is 2.01. The molecule has 0 spiro atoms. The number of hydrogen-bond donors (Lipinski definition) is 0. The van der Waals surface area contributed by atoms with E-state index in [9.17, 15) is 9.46 Å². The lowest BCUT2D eigenvalue weighted by Crippen LogP contribution is -1.89. The van der Waals surface area contributed by atoms with Crippen LogP contribution in [-0.4, -0.2) is 12.5 Å². The molecule has 0 atom stereocenters. The van der Waals surface area contributed by atoms with Gasteiger partial charge in [0.1, 0.15) is 5.77 Å². The van der Waals surface area contributed by atoms with Gasteiger partial charge in [-0.25, -0.2) is 0 Å². The molecule has 44 valence electrons. The van der Waals surface area contributed by atoms with Crippen LogP contribution in [0.5, 0.6) is 0 Å². The van der Waals surface area contributed by atoms with Crippen LogP contribution in [0.25, 0.3) is 0 Å². The third-order valence-electron chi connectivity index (χ3n) is 0.447. The normalized spacial score (nSPS) is 11.9. The minimum absolute atomic E-state index is 0.890. The highest BCUT2D eigenvalue weighted by molar-refractivity contribution is 8.88. The van der Waals surface area contributed by atoms with Crippen molar-refractivity contribution in [3.63, 3.8) is 0 Å². The second-order valence-electron chi connectivity index (χ2n) is 0.812. The Morgan fingerprint density at radius 2 is 1.71 bits per heavy atom. The van der Waals surface area contributed by atoms with Crippen LogP contribution in [0.2, 0.25) is 0 Å². The molecule has 0 aromatic heterocycles. The zero-order valence-electron chi connectivity index (χ0n) is 4.08. The smallest absolute Gasteiger partial charge is 0.122 e. The predicted molar refractivity (Wildman–Crippen MR) is 34.6 cm³/mol. The summed E-state index contributed by atoms with van der Waals surface area (Å²) in [6.45, 7) is 0. The predicted octanol–water partition coefficient (Wildman–Crippen LogP) is 1.18. The van der Waals surface area contributed by atoms with Gasteiger partial charge in [0.15, 0.2) is 0 Å². The molecule has 0 aromatic rings. The lowest BCUT2D eigenvalue weighted by atomic mass is 12.0. The monoisotopic (exact) mass is 157 g/mol. The third kappa shape index (κ3) is 3.47. The minimum Gasteiger partial charge on any atom is -0.784 e. The molecule has 0 unspecified atom stereocenters. The quantitative estimate of drug-likeness (QED) is 0.564. The Hall–Kier alpha value is 0.890. The van der Waals surface area contributed by atoms with Gasteiger partial charge in [0.2, 0.25) is 0 Å². The van der Waals surface area contributed by atoms with E-state index in [4.69, 9.17) is 0 Å². The molecule has 2 nitrogen and oxygen atoms in total. The summed E-state index contributed by atoms with van der Waals surface area (Å²) in [7, 11) is 0. The van der Waals surface area contributed by atoms with Gasteiger partial charge in [-0.2, -0.15) is 0 Å². The van der Waals surface area contributed by atoms with Crippen LogP contribution in [0.4, 0.5) is 0 Å². The first kappa shape index (κ1) is 7.89. The SMILES string of the molecule is CSP(=O)([O-])SC. The molecule has 0 heterocycles. The Balaban J connectivity index is 3.61. The Morgan fingerprint density at radius 1 is 1.43 bits per heavy atom. The summed E-state index contributed by atoms with van der Waals surface area (Å²) in [6, 6.07) is 0. The van der Waals surface area contributed by atoms with E-state index < -0.39 is 5.77 Å². The van der Waals surface area contributed by atoms with Crippen LogP contribution in [-0.2, 0) is 4.57 Å². The highest BCUT2D eigenvalue weighted by atomic mass is 33.1. The largest absolute Gasteiger partial charge is 0.784 e. The van der Waals surface area contributed by atoms with Crippen molar-refractivity contribution in [3.8, 4) is 0 Å². The molecular weight excluding hydrogens is 151 g/mol. The highest BCUT2D eigenvalue weighted by Crippen LogP contribution is 2.58. The summed E-state index contributed by atoms with van der Waals surface area (Å²) < 4.78 is 10.3. The van der Waals surface area contributed by atoms with Gasteiger partial charge in [0, 0.05) is 0 Å². The Morgan fingerprint density at radius 3 is 1.71 bits per heavy atom. The summed E-state index contributed by atoms with van der Waals surface area (Å²) in [5.41, 5.74) is 0. The Labute approximate surface area is 51.0 Å². The molecule has 0 N–H and O–H groups in total. The van der Waals surface area contributed by atoms with Crippen LogP contribution in [0.3, 0.4) is 0 Å². The van der Waals surface area contributed by atoms with E-state index in [2.05, 4.69) is 0 Å². The van der Waals surface area contributed by atoms with Crippen molar-refractivity contribution in [1.29, 1.82) is 0 Å². The average molecular weight is 157 g/mol. The van der Waals surface area contributed by atoms with Gasteiger partial charge < -0.3 is 9.46 Å². The van der Waals surface area contributed by atoms with Crippen LogP contribution in [0.15, 0.2) is 0 Å². The lowest BCUT2D eigenvalue weighted by Gasteiger charge is -2.15. The number of rotatable bonds is 2. The van der Waals surface area contributed by atoms with Crippen molar-refractivity contribution >= 4 is 28.5 Å². The van der Waals surface area contributed by atoms with Gasteiger partial charge >= 0.3 is 0 Å². The van der Waals surface area contributed by atoms with Crippen molar-refractivity contribution in [1.82, 2.24) is 0 Å². The van der Waals surface area contributed by atoms with E-state index in [0.717, 1.165) is 22.8 Å². The summed E-state index contributed by atoms with van der Waals surface area (Å²) in [5, 5.41) is 0. The maximum atomic E-state index is 10.3. The molecule has 0 aliphatic heterocycles. The molecule has 0 aliphatic carbocycles. The van der Waals surface area contributed by atoms with Crippen LogP contribution < -0.4 is 4.89 Å². The standard InChI is InChI=1S/C2H7O2PS2/c1-6-5(3,4)7-2/h1-2H3,(H,3,4)/p-1. The Kier molecular flexibility index (Phi) is 3.41. The van der Waals surface area contributed by atoms with Gasteiger partial charge in [-0.15, -0.1) is 22.8 Å².